The van der Waals surface area contributed by atoms with Crippen molar-refractivity contribution >= 4 is 17.7 Å². The van der Waals surface area contributed by atoms with Crippen LogP contribution in [0.3, 0.4) is 0 Å². The number of piperidine rings is 1. The van der Waals surface area contributed by atoms with Gasteiger partial charge >= 0.3 is 0 Å². The minimum atomic E-state index is 0.00990. The van der Waals surface area contributed by atoms with Gasteiger partial charge in [0.1, 0.15) is 12.7 Å². The Morgan fingerprint density at radius 1 is 1.32 bits per heavy atom. The van der Waals surface area contributed by atoms with Gasteiger partial charge in [0.05, 0.1) is 12.0 Å². The van der Waals surface area contributed by atoms with Crippen molar-refractivity contribution in [2.75, 3.05) is 18.8 Å². The van der Waals surface area contributed by atoms with E-state index in [1.165, 1.54) is 10.5 Å². The third kappa shape index (κ3) is 2.41. The molecule has 2 aliphatic rings. The number of thioether (sulfide) groups is 1. The Labute approximate surface area is 133 Å². The van der Waals surface area contributed by atoms with Crippen LogP contribution in [0.15, 0.2) is 41.8 Å². The summed E-state index contributed by atoms with van der Waals surface area (Å²) >= 11 is 1.79. The fourth-order valence-electron chi connectivity index (χ4n) is 3.36. The molecule has 1 saturated heterocycles. The van der Waals surface area contributed by atoms with Crippen molar-refractivity contribution in [3.63, 3.8) is 0 Å². The first-order valence-corrected chi connectivity index (χ1v) is 8.66. The smallest absolute Gasteiger partial charge is 0.231 e. The summed E-state index contributed by atoms with van der Waals surface area (Å²) in [6.07, 6.45) is 5.39. The fourth-order valence-corrected chi connectivity index (χ4v) is 4.58. The highest BCUT2D eigenvalue weighted by molar-refractivity contribution is 7.99. The standard InChI is InChI=1S/C16H18N4OS/c21-16(14-9-22-15-6-2-1-5-13(14)15)19-7-3-4-12(8-19)20-11-17-10-18-20/h1-2,5-6,10-12,14H,3-4,7-9H2/t12-,14-/m0/s1. The number of fused-ring (bicyclic) bond motifs is 1. The van der Waals surface area contributed by atoms with Crippen LogP contribution in [-0.4, -0.2) is 44.4 Å². The molecule has 22 heavy (non-hydrogen) atoms. The molecule has 1 fully saturated rings. The van der Waals surface area contributed by atoms with E-state index >= 15 is 0 Å². The molecule has 1 amide bonds. The first kappa shape index (κ1) is 13.8. The molecule has 2 aromatic rings. The number of hydrogen-bond donors (Lipinski definition) is 0. The molecule has 5 nitrogen and oxygen atoms in total. The maximum Gasteiger partial charge on any atom is 0.231 e. The third-order valence-electron chi connectivity index (χ3n) is 4.52. The Balaban J connectivity index is 1.51. The molecular formula is C16H18N4OS. The highest BCUT2D eigenvalue weighted by Gasteiger charge is 2.34. The van der Waals surface area contributed by atoms with Gasteiger partial charge in [-0.2, -0.15) is 5.10 Å². The van der Waals surface area contributed by atoms with Gasteiger partial charge in [-0.3, -0.25) is 4.79 Å². The Morgan fingerprint density at radius 2 is 2.23 bits per heavy atom. The van der Waals surface area contributed by atoms with Crippen LogP contribution >= 0.6 is 11.8 Å². The Kier molecular flexibility index (Phi) is 3.62. The average molecular weight is 314 g/mol. The predicted octanol–water partition coefficient (Wildman–Crippen LogP) is 2.33. The van der Waals surface area contributed by atoms with Crippen molar-refractivity contribution in [3.8, 4) is 0 Å². The molecule has 0 radical (unpaired) electrons. The first-order valence-electron chi connectivity index (χ1n) is 7.67. The van der Waals surface area contributed by atoms with Crippen LogP contribution in [0.2, 0.25) is 0 Å². The largest absolute Gasteiger partial charge is 0.340 e. The number of aromatic nitrogens is 3. The van der Waals surface area contributed by atoms with Gasteiger partial charge in [0.2, 0.25) is 5.91 Å². The molecule has 0 saturated carbocycles. The van der Waals surface area contributed by atoms with E-state index in [9.17, 15) is 4.79 Å². The number of rotatable bonds is 2. The SMILES string of the molecule is O=C([C@H]1CSc2ccccc21)N1CCC[C@H](n2cncn2)C1. The van der Waals surface area contributed by atoms with Crippen molar-refractivity contribution in [3.05, 3.63) is 42.5 Å². The van der Waals surface area contributed by atoms with E-state index in [0.29, 0.717) is 0 Å². The van der Waals surface area contributed by atoms with Crippen LogP contribution in [0.4, 0.5) is 0 Å². The van der Waals surface area contributed by atoms with Crippen LogP contribution in [0.1, 0.15) is 30.4 Å². The first-order chi connectivity index (χ1) is 10.8. The van der Waals surface area contributed by atoms with Crippen molar-refractivity contribution in [2.45, 2.75) is 29.7 Å². The second-order valence-corrected chi connectivity index (χ2v) is 6.92. The molecule has 0 N–H and O–H groups in total. The molecule has 114 valence electrons. The van der Waals surface area contributed by atoms with Gasteiger partial charge < -0.3 is 4.90 Å². The second-order valence-electron chi connectivity index (χ2n) is 5.86. The number of benzene rings is 1. The predicted molar refractivity (Wildman–Crippen MR) is 84.8 cm³/mol. The van der Waals surface area contributed by atoms with Crippen molar-refractivity contribution in [1.29, 1.82) is 0 Å². The summed E-state index contributed by atoms with van der Waals surface area (Å²) in [5.41, 5.74) is 1.19. The van der Waals surface area contributed by atoms with Crippen LogP contribution in [0.5, 0.6) is 0 Å². The molecule has 1 aromatic heterocycles. The van der Waals surface area contributed by atoms with Crippen LogP contribution < -0.4 is 0 Å². The number of likely N-dealkylation sites (tertiary alicyclic amines) is 1. The van der Waals surface area contributed by atoms with E-state index in [0.717, 1.165) is 31.7 Å². The maximum atomic E-state index is 12.9. The lowest BCUT2D eigenvalue weighted by atomic mass is 9.97. The van der Waals surface area contributed by atoms with Crippen molar-refractivity contribution in [1.82, 2.24) is 19.7 Å². The van der Waals surface area contributed by atoms with E-state index in [1.807, 2.05) is 21.7 Å². The summed E-state index contributed by atoms with van der Waals surface area (Å²) in [5, 5.41) is 4.23. The van der Waals surface area contributed by atoms with Crippen LogP contribution in [0, 0.1) is 0 Å². The lowest BCUT2D eigenvalue weighted by molar-refractivity contribution is -0.134. The van der Waals surface area contributed by atoms with E-state index < -0.39 is 0 Å². The summed E-state index contributed by atoms with van der Waals surface area (Å²) in [5.74, 6) is 1.14. The highest BCUT2D eigenvalue weighted by atomic mass is 32.2. The zero-order valence-electron chi connectivity index (χ0n) is 12.3. The molecule has 2 atom stereocenters. The van der Waals surface area contributed by atoms with Gasteiger partial charge in [-0.15, -0.1) is 11.8 Å². The molecule has 1 aromatic carbocycles. The summed E-state index contributed by atoms with van der Waals surface area (Å²) in [7, 11) is 0. The van der Waals surface area contributed by atoms with Crippen LogP contribution in [-0.2, 0) is 4.79 Å². The summed E-state index contributed by atoms with van der Waals surface area (Å²) in [6, 6.07) is 8.53. The molecule has 2 aliphatic heterocycles. The van der Waals surface area contributed by atoms with E-state index in [2.05, 4.69) is 22.2 Å². The molecule has 6 heteroatoms. The minimum absolute atomic E-state index is 0.00990. The third-order valence-corrected chi connectivity index (χ3v) is 5.70. The molecule has 0 bridgehead atoms. The number of carbonyl (C=O) groups excluding carboxylic acids is 1. The van der Waals surface area contributed by atoms with Gasteiger partial charge in [0.25, 0.3) is 0 Å². The maximum absolute atomic E-state index is 12.9. The van der Waals surface area contributed by atoms with Gasteiger partial charge in [-0.1, -0.05) is 18.2 Å². The van der Waals surface area contributed by atoms with Gasteiger partial charge in [0, 0.05) is 23.7 Å². The van der Waals surface area contributed by atoms with E-state index in [-0.39, 0.29) is 17.9 Å². The van der Waals surface area contributed by atoms with E-state index in [1.54, 1.807) is 24.4 Å². The Bertz CT molecular complexity index is 673. The monoisotopic (exact) mass is 314 g/mol. The summed E-state index contributed by atoms with van der Waals surface area (Å²) in [4.78, 5) is 20.2. The normalized spacial score (nSPS) is 24.3. The number of amides is 1. The number of hydrogen-bond acceptors (Lipinski definition) is 4. The lowest BCUT2D eigenvalue weighted by Crippen LogP contribution is -2.43. The molecule has 4 rings (SSSR count). The van der Waals surface area contributed by atoms with Crippen LogP contribution in [0.25, 0.3) is 0 Å². The van der Waals surface area contributed by atoms with Gasteiger partial charge in [-0.05, 0) is 24.5 Å². The fraction of sp³-hybridized carbons (Fsp3) is 0.438. The molecule has 0 unspecified atom stereocenters. The van der Waals surface area contributed by atoms with Crippen molar-refractivity contribution < 1.29 is 4.79 Å². The molecule has 3 heterocycles. The number of carbonyl (C=O) groups is 1. The topological polar surface area (TPSA) is 51.0 Å². The lowest BCUT2D eigenvalue weighted by Gasteiger charge is -2.34. The van der Waals surface area contributed by atoms with Gasteiger partial charge in [0.15, 0.2) is 0 Å². The quantitative estimate of drug-likeness (QED) is 0.854. The Morgan fingerprint density at radius 3 is 3.09 bits per heavy atom. The zero-order valence-corrected chi connectivity index (χ0v) is 13.1. The molecule has 0 spiro atoms. The highest BCUT2D eigenvalue weighted by Crippen LogP contribution is 2.40. The zero-order chi connectivity index (χ0) is 14.9. The summed E-state index contributed by atoms with van der Waals surface area (Å²) < 4.78 is 1.89. The van der Waals surface area contributed by atoms with E-state index in [4.69, 9.17) is 0 Å². The van der Waals surface area contributed by atoms with Gasteiger partial charge in [-0.25, -0.2) is 9.67 Å². The summed E-state index contributed by atoms with van der Waals surface area (Å²) in [6.45, 7) is 1.60. The van der Waals surface area contributed by atoms with Crippen molar-refractivity contribution in [2.24, 2.45) is 0 Å². The average Bonchev–Trinajstić information content (AvgIpc) is 3.24. The second kappa shape index (κ2) is 5.76. The molecule has 0 aliphatic carbocycles. The number of nitrogens with zero attached hydrogens (tertiary/aromatic N) is 4. The Hall–Kier alpha value is -1.82. The minimum Gasteiger partial charge on any atom is -0.340 e. The molecular weight excluding hydrogens is 296 g/mol.